The van der Waals surface area contributed by atoms with Crippen molar-refractivity contribution in [2.45, 2.75) is 36.7 Å². The molecule has 0 bridgehead atoms. The molecule has 0 aliphatic carbocycles. The number of nitrogens with zero attached hydrogens (tertiary/aromatic N) is 3. The lowest BCUT2D eigenvalue weighted by molar-refractivity contribution is -0.150. The van der Waals surface area contributed by atoms with Gasteiger partial charge in [0.1, 0.15) is 28.8 Å². The largest absolute Gasteiger partial charge is 0.480 e. The summed E-state index contributed by atoms with van der Waals surface area (Å²) in [6.07, 6.45) is 3.56. The van der Waals surface area contributed by atoms with Crippen LogP contribution >= 0.6 is 23.1 Å². The number of thioether (sulfide) groups is 1. The summed E-state index contributed by atoms with van der Waals surface area (Å²) in [7, 11) is 0. The van der Waals surface area contributed by atoms with Gasteiger partial charge in [-0.15, -0.1) is 23.1 Å². The minimum atomic E-state index is -1.24. The molecule has 2 amide bonds. The van der Waals surface area contributed by atoms with Crippen molar-refractivity contribution < 1.29 is 34.6 Å². The highest BCUT2D eigenvalue weighted by Crippen LogP contribution is 2.40. The second-order valence-electron chi connectivity index (χ2n) is 7.49. The lowest BCUT2D eigenvalue weighted by Gasteiger charge is -2.49. The number of fused-ring (bicyclic) bond motifs is 1. The van der Waals surface area contributed by atoms with E-state index in [1.54, 1.807) is 0 Å². The number of hydrogen-bond donors (Lipinski definition) is 7. The van der Waals surface area contributed by atoms with Gasteiger partial charge in [0.15, 0.2) is 10.8 Å². The van der Waals surface area contributed by atoms with Crippen LogP contribution < -0.4 is 22.5 Å². The first-order chi connectivity index (χ1) is 17.1. The standard InChI is InChI=1S/C14H13N5O5S2.C6H14N2O2/c1-2-5-3-25-12-8(11(21)19(12)9(5)13(22)23)17-10(20)7(18-24)6-4-26-14(15)16-6;7-4-2-1-3-5(8)6(9)10/h2,4,8,12,24H,1,3H2,(H2,15,16)(H,17,20)(H,22,23);5H,1-4,7-8H2,(H,9,10)/b18-7-;/t8-,12-;/m1./s1. The summed E-state index contributed by atoms with van der Waals surface area (Å²) in [4.78, 5) is 51.3. The van der Waals surface area contributed by atoms with Crippen molar-refractivity contribution in [3.8, 4) is 0 Å². The number of nitrogens with two attached hydrogens (primary N) is 3. The van der Waals surface area contributed by atoms with E-state index in [0.29, 0.717) is 24.3 Å². The lowest BCUT2D eigenvalue weighted by Crippen LogP contribution is -2.71. The quantitative estimate of drug-likeness (QED) is 0.0642. The number of carboxylic acid groups (broad SMARTS) is 2. The molecule has 36 heavy (non-hydrogen) atoms. The summed E-state index contributed by atoms with van der Waals surface area (Å²) >= 11 is 2.37. The van der Waals surface area contributed by atoms with Gasteiger partial charge in [-0.3, -0.25) is 19.3 Å². The number of allylic oxidation sites excluding steroid dienone is 1. The highest BCUT2D eigenvalue weighted by atomic mass is 32.2. The number of aliphatic carboxylic acids is 2. The molecule has 3 heterocycles. The molecular weight excluding hydrogens is 514 g/mol. The maximum Gasteiger partial charge on any atom is 0.352 e. The van der Waals surface area contributed by atoms with Crippen molar-refractivity contribution in [1.29, 1.82) is 0 Å². The molecule has 0 spiro atoms. The Morgan fingerprint density at radius 2 is 2.06 bits per heavy atom. The molecule has 10 N–H and O–H groups in total. The number of unbranched alkanes of at least 4 members (excludes halogenated alkanes) is 1. The molecule has 1 saturated heterocycles. The SMILES string of the molecule is C=CC1=C(C(=O)O)N2C(=O)[C@@H](NC(=O)/C(=N\O)c3csc(N)n3)[C@H]2SC1.NCCCCC(N)C(=O)O. The van der Waals surface area contributed by atoms with Gasteiger partial charge in [0.2, 0.25) is 0 Å². The van der Waals surface area contributed by atoms with Gasteiger partial charge in [-0.1, -0.05) is 24.2 Å². The van der Waals surface area contributed by atoms with Gasteiger partial charge in [-0.05, 0) is 25.0 Å². The van der Waals surface area contributed by atoms with Gasteiger partial charge in [0, 0.05) is 11.1 Å². The molecule has 2 aliphatic heterocycles. The van der Waals surface area contributed by atoms with Crippen molar-refractivity contribution in [1.82, 2.24) is 15.2 Å². The Kier molecular flexibility index (Phi) is 10.4. The molecule has 16 heteroatoms. The van der Waals surface area contributed by atoms with Crippen LogP contribution in [0.15, 0.2) is 34.5 Å². The van der Waals surface area contributed by atoms with Crippen LogP contribution in [-0.2, 0) is 19.2 Å². The van der Waals surface area contributed by atoms with Gasteiger partial charge < -0.3 is 37.9 Å². The summed E-state index contributed by atoms with van der Waals surface area (Å²) in [5.41, 5.74) is 15.9. The average molecular weight is 542 g/mol. The minimum absolute atomic E-state index is 0.0764. The summed E-state index contributed by atoms with van der Waals surface area (Å²) in [5.74, 6) is -3.21. The molecule has 3 atom stereocenters. The number of nitrogens with one attached hydrogen (secondary N) is 1. The fraction of sp³-hybridized carbons (Fsp3) is 0.400. The molecule has 14 nitrogen and oxygen atoms in total. The Morgan fingerprint density at radius 3 is 2.56 bits per heavy atom. The van der Waals surface area contributed by atoms with E-state index in [1.807, 2.05) is 0 Å². The molecular formula is C20H27N7O7S2. The van der Waals surface area contributed by atoms with E-state index in [1.165, 1.54) is 23.2 Å². The van der Waals surface area contributed by atoms with E-state index >= 15 is 0 Å². The zero-order valence-electron chi connectivity index (χ0n) is 19.0. The number of carboxylic acids is 2. The molecule has 1 unspecified atom stereocenters. The topological polar surface area (TPSA) is 248 Å². The number of amides is 2. The van der Waals surface area contributed by atoms with E-state index in [9.17, 15) is 24.3 Å². The first-order valence-electron chi connectivity index (χ1n) is 10.5. The Bertz CT molecular complexity index is 1090. The van der Waals surface area contributed by atoms with Crippen LogP contribution in [0.25, 0.3) is 0 Å². The smallest absolute Gasteiger partial charge is 0.352 e. The number of nitrogen functional groups attached to an aromatic ring is 1. The number of carbonyl (C=O) groups excluding carboxylic acids is 2. The molecule has 1 fully saturated rings. The second-order valence-corrected chi connectivity index (χ2v) is 9.49. The Hall–Kier alpha value is -3.47. The number of aromatic nitrogens is 1. The maximum atomic E-state index is 12.4. The Balaban J connectivity index is 0.000000388. The van der Waals surface area contributed by atoms with E-state index in [0.717, 1.165) is 29.1 Å². The zero-order chi connectivity index (χ0) is 27.0. The monoisotopic (exact) mass is 541 g/mol. The summed E-state index contributed by atoms with van der Waals surface area (Å²) in [6.45, 7) is 4.16. The number of thiazole rings is 1. The van der Waals surface area contributed by atoms with Crippen LogP contribution in [0.5, 0.6) is 0 Å². The average Bonchev–Trinajstić information content (AvgIpc) is 3.27. The Morgan fingerprint density at radius 1 is 1.36 bits per heavy atom. The van der Waals surface area contributed by atoms with Crippen molar-refractivity contribution >= 4 is 57.7 Å². The minimum Gasteiger partial charge on any atom is -0.480 e. The fourth-order valence-electron chi connectivity index (χ4n) is 3.25. The van der Waals surface area contributed by atoms with E-state index in [-0.39, 0.29) is 22.2 Å². The van der Waals surface area contributed by atoms with Crippen molar-refractivity contribution in [3.63, 3.8) is 0 Å². The predicted molar refractivity (Wildman–Crippen MR) is 133 cm³/mol. The van der Waals surface area contributed by atoms with Crippen LogP contribution in [0.2, 0.25) is 0 Å². The zero-order valence-corrected chi connectivity index (χ0v) is 20.6. The maximum absolute atomic E-state index is 12.4. The third-order valence-electron chi connectivity index (χ3n) is 5.10. The number of β-lactam (4-membered cyclic amide) rings is 1. The third-order valence-corrected chi connectivity index (χ3v) is 7.08. The van der Waals surface area contributed by atoms with Crippen LogP contribution in [0.4, 0.5) is 5.13 Å². The molecule has 0 radical (unpaired) electrons. The van der Waals surface area contributed by atoms with Gasteiger partial charge in [0.05, 0.1) is 0 Å². The summed E-state index contributed by atoms with van der Waals surface area (Å²) in [5, 5.41) is 33.2. The van der Waals surface area contributed by atoms with E-state index < -0.39 is 41.2 Å². The third kappa shape index (κ3) is 6.60. The van der Waals surface area contributed by atoms with Gasteiger partial charge in [0.25, 0.3) is 11.8 Å². The molecule has 1 aromatic rings. The Labute approximate surface area is 213 Å². The van der Waals surface area contributed by atoms with Crippen LogP contribution in [0.3, 0.4) is 0 Å². The number of hydrogen-bond acceptors (Lipinski definition) is 12. The van der Waals surface area contributed by atoms with Gasteiger partial charge in [-0.25, -0.2) is 9.78 Å². The molecule has 196 valence electrons. The number of oxime groups is 1. The molecule has 2 aliphatic rings. The van der Waals surface area contributed by atoms with Crippen LogP contribution in [0, 0.1) is 0 Å². The number of carbonyl (C=O) groups is 4. The van der Waals surface area contributed by atoms with Crippen molar-refractivity contribution in [2.24, 2.45) is 16.6 Å². The first-order valence-corrected chi connectivity index (χ1v) is 12.5. The van der Waals surface area contributed by atoms with Crippen molar-refractivity contribution in [3.05, 3.63) is 35.0 Å². The highest BCUT2D eigenvalue weighted by Gasteiger charge is 2.54. The number of anilines is 1. The normalized spacial score (nSPS) is 19.9. The summed E-state index contributed by atoms with van der Waals surface area (Å²) in [6, 6.07) is -1.66. The van der Waals surface area contributed by atoms with Crippen molar-refractivity contribution in [2.75, 3.05) is 18.0 Å². The van der Waals surface area contributed by atoms with Crippen LogP contribution in [-0.4, -0.2) is 84.5 Å². The summed E-state index contributed by atoms with van der Waals surface area (Å²) < 4.78 is 0. The van der Waals surface area contributed by atoms with E-state index in [2.05, 4.69) is 22.0 Å². The first kappa shape index (κ1) is 28.8. The second kappa shape index (κ2) is 13.0. The molecule has 1 aromatic heterocycles. The predicted octanol–water partition coefficient (Wildman–Crippen LogP) is -0.644. The van der Waals surface area contributed by atoms with E-state index in [4.69, 9.17) is 27.5 Å². The number of rotatable bonds is 10. The fourth-order valence-corrected chi connectivity index (χ4v) is 5.14. The highest BCUT2D eigenvalue weighted by molar-refractivity contribution is 8.00. The molecule has 0 saturated carbocycles. The van der Waals surface area contributed by atoms with Gasteiger partial charge in [-0.2, -0.15) is 0 Å². The molecule has 0 aromatic carbocycles. The lowest BCUT2D eigenvalue weighted by atomic mass is 10.0. The van der Waals surface area contributed by atoms with Gasteiger partial charge >= 0.3 is 11.9 Å². The molecule has 3 rings (SSSR count). The van der Waals surface area contributed by atoms with Crippen LogP contribution in [0.1, 0.15) is 25.0 Å².